The van der Waals surface area contributed by atoms with E-state index in [0.29, 0.717) is 0 Å². The standard InChI is InChI=1S/C10H10INO5S/c1-2-18(16,17)10(11)9(13)7-4-3-5-8(6-7)12(14)15/h3-6,10H,2H2,1H3/t10-/m1/s1. The number of hydrogen-bond donors (Lipinski definition) is 0. The van der Waals surface area contributed by atoms with Gasteiger partial charge < -0.3 is 0 Å². The highest BCUT2D eigenvalue weighted by Gasteiger charge is 2.29. The van der Waals surface area contributed by atoms with Gasteiger partial charge in [0.25, 0.3) is 5.69 Å². The predicted molar refractivity (Wildman–Crippen MR) is 74.7 cm³/mol. The molecule has 0 aliphatic heterocycles. The summed E-state index contributed by atoms with van der Waals surface area (Å²) in [5.74, 6) is -0.789. The second-order valence-electron chi connectivity index (χ2n) is 3.44. The van der Waals surface area contributed by atoms with Crippen molar-refractivity contribution < 1.29 is 18.1 Å². The molecular formula is C10H10INO5S. The van der Waals surface area contributed by atoms with E-state index < -0.39 is 23.8 Å². The largest absolute Gasteiger partial charge is 0.292 e. The van der Waals surface area contributed by atoms with Crippen molar-refractivity contribution in [3.63, 3.8) is 0 Å². The molecule has 0 saturated carbocycles. The molecule has 1 aromatic rings. The number of carbonyl (C=O) groups excluding carboxylic acids is 1. The molecule has 0 aromatic heterocycles. The Hall–Kier alpha value is -1.03. The molecule has 6 nitrogen and oxygen atoms in total. The van der Waals surface area contributed by atoms with Crippen LogP contribution in [0, 0.1) is 10.1 Å². The number of ketones is 1. The Labute approximate surface area is 118 Å². The average Bonchev–Trinajstić information content (AvgIpc) is 2.37. The number of sulfone groups is 1. The molecule has 1 aromatic carbocycles. The lowest BCUT2D eigenvalue weighted by molar-refractivity contribution is -0.384. The maximum Gasteiger partial charge on any atom is 0.270 e. The number of hydrogen-bond acceptors (Lipinski definition) is 5. The number of alkyl halides is 1. The van der Waals surface area contributed by atoms with Crippen LogP contribution in [0.5, 0.6) is 0 Å². The molecule has 0 amide bonds. The van der Waals surface area contributed by atoms with Crippen LogP contribution in [0.4, 0.5) is 5.69 Å². The highest BCUT2D eigenvalue weighted by atomic mass is 127. The third-order valence-electron chi connectivity index (χ3n) is 2.27. The van der Waals surface area contributed by atoms with Gasteiger partial charge in [0.05, 0.1) is 4.92 Å². The Morgan fingerprint density at radius 1 is 1.50 bits per heavy atom. The van der Waals surface area contributed by atoms with Gasteiger partial charge in [-0.25, -0.2) is 8.42 Å². The fraction of sp³-hybridized carbons (Fsp3) is 0.300. The molecule has 0 aliphatic rings. The highest BCUT2D eigenvalue weighted by molar-refractivity contribution is 14.1. The van der Waals surface area contributed by atoms with Crippen molar-refractivity contribution in [1.29, 1.82) is 0 Å². The van der Waals surface area contributed by atoms with Crippen molar-refractivity contribution in [3.8, 4) is 0 Å². The summed E-state index contributed by atoms with van der Waals surface area (Å²) in [6, 6.07) is 5.05. The summed E-state index contributed by atoms with van der Waals surface area (Å²) in [7, 11) is -3.51. The van der Waals surface area contributed by atoms with Crippen LogP contribution in [-0.4, -0.2) is 28.1 Å². The van der Waals surface area contributed by atoms with Gasteiger partial charge in [0, 0.05) is 23.4 Å². The summed E-state index contributed by atoms with van der Waals surface area (Å²) in [5.41, 5.74) is -0.209. The lowest BCUT2D eigenvalue weighted by atomic mass is 10.1. The molecule has 0 N–H and O–H groups in total. The minimum Gasteiger partial charge on any atom is -0.292 e. The second kappa shape index (κ2) is 5.74. The van der Waals surface area contributed by atoms with E-state index >= 15 is 0 Å². The Morgan fingerprint density at radius 2 is 2.11 bits per heavy atom. The number of nitrogens with zero attached hydrogens (tertiary/aromatic N) is 1. The zero-order chi connectivity index (χ0) is 13.9. The van der Waals surface area contributed by atoms with Crippen molar-refractivity contribution in [3.05, 3.63) is 39.9 Å². The molecule has 0 fully saturated rings. The smallest absolute Gasteiger partial charge is 0.270 e. The Balaban J connectivity index is 3.12. The van der Waals surface area contributed by atoms with Crippen LogP contribution < -0.4 is 0 Å². The zero-order valence-electron chi connectivity index (χ0n) is 9.37. The van der Waals surface area contributed by atoms with E-state index in [2.05, 4.69) is 0 Å². The van der Waals surface area contributed by atoms with Crippen LogP contribution in [-0.2, 0) is 9.84 Å². The first kappa shape index (κ1) is 15.0. The van der Waals surface area contributed by atoms with Gasteiger partial charge in [-0.15, -0.1) is 0 Å². The molecular weight excluding hydrogens is 373 g/mol. The molecule has 1 atom stereocenters. The van der Waals surface area contributed by atoms with Gasteiger partial charge in [0.1, 0.15) is 0 Å². The molecule has 98 valence electrons. The van der Waals surface area contributed by atoms with Gasteiger partial charge in [0.15, 0.2) is 18.9 Å². The molecule has 0 spiro atoms. The summed E-state index contributed by atoms with van der Waals surface area (Å²) >= 11 is 1.54. The molecule has 8 heteroatoms. The molecule has 0 radical (unpaired) electrons. The third-order valence-corrected chi connectivity index (χ3v) is 6.80. The van der Waals surface area contributed by atoms with Gasteiger partial charge in [-0.05, 0) is 0 Å². The number of Topliss-reactive ketones (excluding diaryl/α,β-unsaturated/α-hetero) is 1. The number of non-ortho nitro benzene ring substituents is 1. The van der Waals surface area contributed by atoms with Crippen molar-refractivity contribution in [1.82, 2.24) is 0 Å². The van der Waals surface area contributed by atoms with Crippen LogP contribution in [0.3, 0.4) is 0 Å². The van der Waals surface area contributed by atoms with Gasteiger partial charge in [-0.3, -0.25) is 14.9 Å². The molecule has 1 rings (SSSR count). The van der Waals surface area contributed by atoms with E-state index in [4.69, 9.17) is 0 Å². The summed E-state index contributed by atoms with van der Waals surface area (Å²) < 4.78 is 21.9. The van der Waals surface area contributed by atoms with Crippen LogP contribution in [0.2, 0.25) is 0 Å². The Morgan fingerprint density at radius 3 is 2.61 bits per heavy atom. The molecule has 0 heterocycles. The van der Waals surface area contributed by atoms with E-state index in [1.165, 1.54) is 47.7 Å². The topological polar surface area (TPSA) is 94.3 Å². The van der Waals surface area contributed by atoms with E-state index in [0.717, 1.165) is 6.07 Å². The van der Waals surface area contributed by atoms with E-state index in [9.17, 15) is 23.3 Å². The summed E-state index contributed by atoms with van der Waals surface area (Å²) in [6.07, 6.45) is 0. The SMILES string of the molecule is CCS(=O)(=O)[C@@H](I)C(=O)c1cccc([N+](=O)[O-])c1. The van der Waals surface area contributed by atoms with E-state index in [1.54, 1.807) is 0 Å². The minimum atomic E-state index is -3.51. The Bertz CT molecular complexity index is 584. The second-order valence-corrected chi connectivity index (χ2v) is 7.90. The average molecular weight is 383 g/mol. The fourth-order valence-corrected chi connectivity index (χ4v) is 3.41. The molecule has 0 aliphatic carbocycles. The number of carbonyl (C=O) groups is 1. The van der Waals surface area contributed by atoms with Crippen LogP contribution in [0.25, 0.3) is 0 Å². The summed E-state index contributed by atoms with van der Waals surface area (Å²) in [5, 5.41) is 10.6. The number of nitro groups is 1. The third kappa shape index (κ3) is 3.25. The van der Waals surface area contributed by atoms with Gasteiger partial charge in [-0.1, -0.05) is 41.6 Å². The Kier molecular flexibility index (Phi) is 4.79. The van der Waals surface area contributed by atoms with Gasteiger partial charge in [0.2, 0.25) is 0 Å². The molecule has 18 heavy (non-hydrogen) atoms. The fourth-order valence-electron chi connectivity index (χ4n) is 1.21. The minimum absolute atomic E-state index is 0.0284. The lowest BCUT2D eigenvalue weighted by Crippen LogP contribution is -2.26. The lowest BCUT2D eigenvalue weighted by Gasteiger charge is -2.08. The normalized spacial score (nSPS) is 13.0. The van der Waals surface area contributed by atoms with Crippen molar-refractivity contribution in [2.24, 2.45) is 0 Å². The van der Waals surface area contributed by atoms with Crippen LogP contribution in [0.15, 0.2) is 24.3 Å². The molecule has 0 bridgehead atoms. The summed E-state index contributed by atoms with van der Waals surface area (Å²) in [6.45, 7) is 1.45. The molecule has 0 unspecified atom stereocenters. The first-order valence-corrected chi connectivity index (χ1v) is 7.90. The van der Waals surface area contributed by atoms with E-state index in [1.807, 2.05) is 0 Å². The first-order valence-electron chi connectivity index (χ1n) is 4.94. The van der Waals surface area contributed by atoms with Crippen LogP contribution in [0.1, 0.15) is 17.3 Å². The van der Waals surface area contributed by atoms with Gasteiger partial charge >= 0.3 is 0 Å². The van der Waals surface area contributed by atoms with E-state index in [-0.39, 0.29) is 17.0 Å². The zero-order valence-corrected chi connectivity index (χ0v) is 12.3. The summed E-state index contributed by atoms with van der Waals surface area (Å²) in [4.78, 5) is 21.9. The van der Waals surface area contributed by atoms with Gasteiger partial charge in [-0.2, -0.15) is 0 Å². The number of halogens is 1. The monoisotopic (exact) mass is 383 g/mol. The predicted octanol–water partition coefficient (Wildman–Crippen LogP) is 1.97. The number of nitro benzene ring substituents is 1. The number of rotatable bonds is 5. The van der Waals surface area contributed by atoms with Crippen molar-refractivity contribution >= 4 is 43.9 Å². The van der Waals surface area contributed by atoms with Crippen molar-refractivity contribution in [2.45, 2.75) is 10.2 Å². The number of benzene rings is 1. The first-order chi connectivity index (χ1) is 8.29. The maximum absolute atomic E-state index is 11.9. The quantitative estimate of drug-likeness (QED) is 0.255. The van der Waals surface area contributed by atoms with Crippen LogP contribution >= 0.6 is 22.6 Å². The highest BCUT2D eigenvalue weighted by Crippen LogP contribution is 2.20. The molecule has 0 saturated heterocycles. The maximum atomic E-state index is 11.9. The van der Waals surface area contributed by atoms with Crippen molar-refractivity contribution in [2.75, 3.05) is 5.75 Å².